The SMILES string of the molecule is CCc1ccc(OC)c(C2(CO)CCCNCC2)c1. The van der Waals surface area contributed by atoms with Gasteiger partial charge in [0.05, 0.1) is 13.7 Å². The van der Waals surface area contributed by atoms with Gasteiger partial charge < -0.3 is 15.2 Å². The monoisotopic (exact) mass is 263 g/mol. The van der Waals surface area contributed by atoms with Gasteiger partial charge in [0.2, 0.25) is 0 Å². The number of methoxy groups -OCH3 is 1. The molecule has 1 fully saturated rings. The van der Waals surface area contributed by atoms with Crippen LogP contribution in [0.4, 0.5) is 0 Å². The zero-order chi connectivity index (χ0) is 13.7. The molecule has 19 heavy (non-hydrogen) atoms. The molecule has 0 saturated carbocycles. The highest BCUT2D eigenvalue weighted by Crippen LogP contribution is 2.39. The number of hydrogen-bond acceptors (Lipinski definition) is 3. The van der Waals surface area contributed by atoms with Crippen LogP contribution in [0.15, 0.2) is 18.2 Å². The topological polar surface area (TPSA) is 41.5 Å². The fourth-order valence-electron chi connectivity index (χ4n) is 3.03. The number of aliphatic hydroxyl groups is 1. The van der Waals surface area contributed by atoms with E-state index in [2.05, 4.69) is 24.4 Å². The van der Waals surface area contributed by atoms with Gasteiger partial charge in [0.15, 0.2) is 0 Å². The van der Waals surface area contributed by atoms with Crippen molar-refractivity contribution in [2.75, 3.05) is 26.8 Å². The Labute approximate surface area is 116 Å². The lowest BCUT2D eigenvalue weighted by atomic mass is 9.74. The van der Waals surface area contributed by atoms with Gasteiger partial charge in [0.25, 0.3) is 0 Å². The molecule has 0 radical (unpaired) electrons. The van der Waals surface area contributed by atoms with Gasteiger partial charge in [-0.15, -0.1) is 0 Å². The standard InChI is InChI=1S/C16H25NO2/c1-3-13-5-6-15(19-2)14(11-13)16(12-18)7-4-9-17-10-8-16/h5-6,11,17-18H,3-4,7-10,12H2,1-2H3. The van der Waals surface area contributed by atoms with Crippen molar-refractivity contribution >= 4 is 0 Å². The Hall–Kier alpha value is -1.06. The van der Waals surface area contributed by atoms with Crippen molar-refractivity contribution in [1.82, 2.24) is 5.32 Å². The summed E-state index contributed by atoms with van der Waals surface area (Å²) in [5.41, 5.74) is 2.33. The molecule has 1 unspecified atom stereocenters. The van der Waals surface area contributed by atoms with Crippen molar-refractivity contribution in [3.05, 3.63) is 29.3 Å². The van der Waals surface area contributed by atoms with Gasteiger partial charge >= 0.3 is 0 Å². The Kier molecular flexibility index (Phi) is 4.83. The maximum atomic E-state index is 10.0. The normalized spacial score (nSPS) is 23.9. The second-order valence-electron chi connectivity index (χ2n) is 5.43. The highest BCUT2D eigenvalue weighted by Gasteiger charge is 2.34. The summed E-state index contributed by atoms with van der Waals surface area (Å²) < 4.78 is 5.53. The third kappa shape index (κ3) is 2.93. The Balaban J connectivity index is 2.45. The lowest BCUT2D eigenvalue weighted by Crippen LogP contribution is -2.32. The molecule has 106 valence electrons. The summed E-state index contributed by atoms with van der Waals surface area (Å²) >= 11 is 0. The second-order valence-corrected chi connectivity index (χ2v) is 5.43. The molecule has 1 aliphatic rings. The van der Waals surface area contributed by atoms with Crippen LogP contribution in [0.1, 0.15) is 37.3 Å². The molecule has 0 aliphatic carbocycles. The molecule has 0 amide bonds. The van der Waals surface area contributed by atoms with E-state index in [1.165, 1.54) is 11.1 Å². The molecule has 2 rings (SSSR count). The Morgan fingerprint density at radius 1 is 1.32 bits per heavy atom. The van der Waals surface area contributed by atoms with E-state index in [4.69, 9.17) is 4.74 Å². The van der Waals surface area contributed by atoms with E-state index in [0.717, 1.165) is 44.5 Å². The van der Waals surface area contributed by atoms with Crippen LogP contribution >= 0.6 is 0 Å². The lowest BCUT2D eigenvalue weighted by Gasteiger charge is -2.32. The number of rotatable bonds is 4. The van der Waals surface area contributed by atoms with E-state index in [1.54, 1.807) is 7.11 Å². The van der Waals surface area contributed by atoms with Crippen LogP contribution < -0.4 is 10.1 Å². The molecule has 0 spiro atoms. The molecule has 0 bridgehead atoms. The molecule has 1 aromatic carbocycles. The minimum atomic E-state index is -0.153. The molecular weight excluding hydrogens is 238 g/mol. The van der Waals surface area contributed by atoms with Gasteiger partial charge in [-0.25, -0.2) is 0 Å². The second kappa shape index (κ2) is 6.40. The van der Waals surface area contributed by atoms with Crippen molar-refractivity contribution in [3.63, 3.8) is 0 Å². The molecule has 3 heteroatoms. The van der Waals surface area contributed by atoms with Gasteiger partial charge in [-0.2, -0.15) is 0 Å². The molecule has 1 heterocycles. The minimum absolute atomic E-state index is 0.153. The smallest absolute Gasteiger partial charge is 0.122 e. The van der Waals surface area contributed by atoms with E-state index in [-0.39, 0.29) is 12.0 Å². The van der Waals surface area contributed by atoms with Crippen LogP contribution in [0.3, 0.4) is 0 Å². The largest absolute Gasteiger partial charge is 0.496 e. The number of aryl methyl sites for hydroxylation is 1. The molecule has 3 nitrogen and oxygen atoms in total. The maximum absolute atomic E-state index is 10.0. The first kappa shape index (κ1) is 14.4. The summed E-state index contributed by atoms with van der Waals surface area (Å²) in [5, 5.41) is 13.4. The van der Waals surface area contributed by atoms with Gasteiger partial charge in [-0.3, -0.25) is 0 Å². The third-order valence-corrected chi connectivity index (χ3v) is 4.34. The first-order valence-corrected chi connectivity index (χ1v) is 7.25. The third-order valence-electron chi connectivity index (χ3n) is 4.34. The van der Waals surface area contributed by atoms with Gasteiger partial charge in [-0.05, 0) is 50.4 Å². The van der Waals surface area contributed by atoms with Gasteiger partial charge in [-0.1, -0.05) is 19.1 Å². The number of nitrogens with one attached hydrogen (secondary N) is 1. The zero-order valence-corrected chi connectivity index (χ0v) is 12.0. The zero-order valence-electron chi connectivity index (χ0n) is 12.0. The summed E-state index contributed by atoms with van der Waals surface area (Å²) in [5.74, 6) is 0.910. The molecule has 0 aromatic heterocycles. The minimum Gasteiger partial charge on any atom is -0.496 e. The molecular formula is C16H25NO2. The van der Waals surface area contributed by atoms with Gasteiger partial charge in [0, 0.05) is 11.0 Å². The van der Waals surface area contributed by atoms with Crippen LogP contribution in [0.25, 0.3) is 0 Å². The Morgan fingerprint density at radius 2 is 2.16 bits per heavy atom. The van der Waals surface area contributed by atoms with Crippen molar-refractivity contribution in [3.8, 4) is 5.75 Å². The van der Waals surface area contributed by atoms with Crippen LogP contribution in [-0.2, 0) is 11.8 Å². The fraction of sp³-hybridized carbons (Fsp3) is 0.625. The van der Waals surface area contributed by atoms with Crippen LogP contribution in [-0.4, -0.2) is 31.9 Å². The van der Waals surface area contributed by atoms with Crippen molar-refractivity contribution in [2.45, 2.75) is 38.0 Å². The first-order valence-electron chi connectivity index (χ1n) is 7.25. The average Bonchev–Trinajstić information content (AvgIpc) is 2.73. The van der Waals surface area contributed by atoms with E-state index in [0.29, 0.717) is 0 Å². The molecule has 1 saturated heterocycles. The summed E-state index contributed by atoms with van der Waals surface area (Å²) in [7, 11) is 1.71. The predicted octanol–water partition coefficient (Wildman–Crippen LogP) is 2.26. The van der Waals surface area contributed by atoms with Crippen molar-refractivity contribution in [1.29, 1.82) is 0 Å². The van der Waals surface area contributed by atoms with E-state index < -0.39 is 0 Å². The highest BCUT2D eigenvalue weighted by molar-refractivity contribution is 5.43. The molecule has 2 N–H and O–H groups in total. The highest BCUT2D eigenvalue weighted by atomic mass is 16.5. The van der Waals surface area contributed by atoms with Crippen LogP contribution in [0.5, 0.6) is 5.75 Å². The Bertz CT molecular complexity index is 409. The molecule has 1 atom stereocenters. The van der Waals surface area contributed by atoms with E-state index >= 15 is 0 Å². The van der Waals surface area contributed by atoms with E-state index in [9.17, 15) is 5.11 Å². The van der Waals surface area contributed by atoms with Crippen LogP contribution in [0, 0.1) is 0 Å². The van der Waals surface area contributed by atoms with Crippen molar-refractivity contribution < 1.29 is 9.84 Å². The summed E-state index contributed by atoms with van der Waals surface area (Å²) in [6.45, 7) is 4.35. The van der Waals surface area contributed by atoms with Crippen molar-refractivity contribution in [2.24, 2.45) is 0 Å². The first-order chi connectivity index (χ1) is 9.25. The van der Waals surface area contributed by atoms with Crippen LogP contribution in [0.2, 0.25) is 0 Å². The maximum Gasteiger partial charge on any atom is 0.122 e. The fourth-order valence-corrected chi connectivity index (χ4v) is 3.03. The number of aliphatic hydroxyl groups excluding tert-OH is 1. The summed E-state index contributed by atoms with van der Waals surface area (Å²) in [6, 6.07) is 6.38. The Morgan fingerprint density at radius 3 is 2.84 bits per heavy atom. The summed E-state index contributed by atoms with van der Waals surface area (Å²) in [4.78, 5) is 0. The number of hydrogen-bond donors (Lipinski definition) is 2. The van der Waals surface area contributed by atoms with E-state index in [1.807, 2.05) is 6.07 Å². The number of benzene rings is 1. The summed E-state index contributed by atoms with van der Waals surface area (Å²) in [6.07, 6.45) is 4.09. The average molecular weight is 263 g/mol. The predicted molar refractivity (Wildman–Crippen MR) is 77.9 cm³/mol. The molecule has 1 aliphatic heterocycles. The van der Waals surface area contributed by atoms with Gasteiger partial charge in [0.1, 0.15) is 5.75 Å². The molecule has 1 aromatic rings. The lowest BCUT2D eigenvalue weighted by molar-refractivity contribution is 0.175. The number of ether oxygens (including phenoxy) is 1. The quantitative estimate of drug-likeness (QED) is 0.875.